The van der Waals surface area contributed by atoms with Crippen molar-refractivity contribution < 1.29 is 13.5 Å². The van der Waals surface area contributed by atoms with E-state index in [-0.39, 0.29) is 10.9 Å². The lowest BCUT2D eigenvalue weighted by atomic mass is 10.3. The first-order chi connectivity index (χ1) is 9.54. The molecule has 0 radical (unpaired) electrons. The van der Waals surface area contributed by atoms with Gasteiger partial charge in [0, 0.05) is 25.8 Å². The molecule has 1 heterocycles. The Hall–Kier alpha value is -1.20. The van der Waals surface area contributed by atoms with Crippen molar-refractivity contribution in [2.75, 3.05) is 13.2 Å². The maximum atomic E-state index is 13.8. The first-order valence-corrected chi connectivity index (χ1v) is 7.05. The molecule has 110 valence electrons. The second-order valence-corrected chi connectivity index (χ2v) is 5.20. The Morgan fingerprint density at radius 3 is 2.80 bits per heavy atom. The normalized spacial score (nSPS) is 13.1. The molecule has 6 heteroatoms. The molecule has 3 nitrogen and oxygen atoms in total. The Balaban J connectivity index is 2.40. The van der Waals surface area contributed by atoms with Gasteiger partial charge in [-0.25, -0.2) is 13.8 Å². The van der Waals surface area contributed by atoms with Crippen molar-refractivity contribution in [2.24, 2.45) is 0 Å². The fraction of sp³-hybridized carbons (Fsp3) is 0.500. The summed E-state index contributed by atoms with van der Waals surface area (Å²) in [6.45, 7) is 5.47. The van der Waals surface area contributed by atoms with Gasteiger partial charge in [0.25, 0.3) is 0 Å². The van der Waals surface area contributed by atoms with E-state index >= 15 is 0 Å². The second kappa shape index (κ2) is 6.50. The number of nitrogens with zero attached hydrogens (tertiary/aromatic N) is 2. The average Bonchev–Trinajstić information content (AvgIpc) is 2.74. The monoisotopic (exact) mass is 302 g/mol. The number of aromatic nitrogens is 2. The Bertz CT molecular complexity index is 598. The maximum Gasteiger partial charge on any atom is 0.153 e. The highest BCUT2D eigenvalue weighted by Gasteiger charge is 2.18. The van der Waals surface area contributed by atoms with Gasteiger partial charge in [-0.1, -0.05) is 0 Å². The van der Waals surface area contributed by atoms with E-state index in [4.69, 9.17) is 16.3 Å². The second-order valence-electron chi connectivity index (χ2n) is 4.54. The third kappa shape index (κ3) is 3.10. The zero-order chi connectivity index (χ0) is 14.7. The van der Waals surface area contributed by atoms with Gasteiger partial charge in [0.05, 0.1) is 10.9 Å². The van der Waals surface area contributed by atoms with Gasteiger partial charge in [-0.05, 0) is 26.3 Å². The molecule has 1 aromatic heterocycles. The van der Waals surface area contributed by atoms with Gasteiger partial charge in [0.2, 0.25) is 0 Å². The van der Waals surface area contributed by atoms with E-state index in [0.717, 1.165) is 12.5 Å². The highest BCUT2D eigenvalue weighted by atomic mass is 35.5. The Kier molecular flexibility index (Phi) is 4.94. The summed E-state index contributed by atoms with van der Waals surface area (Å²) in [7, 11) is 0. The lowest BCUT2D eigenvalue weighted by Crippen LogP contribution is -2.07. The van der Waals surface area contributed by atoms with Crippen LogP contribution in [0.4, 0.5) is 8.78 Å². The van der Waals surface area contributed by atoms with Gasteiger partial charge < -0.3 is 9.30 Å². The number of fused-ring (bicyclic) bond motifs is 1. The summed E-state index contributed by atoms with van der Waals surface area (Å²) < 4.78 is 34.2. The lowest BCUT2D eigenvalue weighted by Gasteiger charge is -2.10. The number of hydrogen-bond acceptors (Lipinski definition) is 2. The number of rotatable bonds is 6. The maximum absolute atomic E-state index is 13.8. The van der Waals surface area contributed by atoms with Crippen LogP contribution in [0.5, 0.6) is 0 Å². The van der Waals surface area contributed by atoms with Crippen LogP contribution in [0.1, 0.15) is 31.5 Å². The van der Waals surface area contributed by atoms with Crippen LogP contribution in [0.25, 0.3) is 11.0 Å². The molecule has 1 aromatic carbocycles. The SMILES string of the molecule is CCOCCCn1c(C(C)Cl)nc2c(F)cc(F)cc21. The number of benzene rings is 1. The molecule has 0 bridgehead atoms. The number of aryl methyl sites for hydroxylation is 1. The Morgan fingerprint density at radius 2 is 2.15 bits per heavy atom. The molecule has 0 aliphatic carbocycles. The fourth-order valence-corrected chi connectivity index (χ4v) is 2.34. The van der Waals surface area contributed by atoms with Crippen LogP contribution in [-0.4, -0.2) is 22.8 Å². The number of ether oxygens (including phenoxy) is 1. The van der Waals surface area contributed by atoms with Gasteiger partial charge in [-0.2, -0.15) is 0 Å². The van der Waals surface area contributed by atoms with Gasteiger partial charge >= 0.3 is 0 Å². The third-order valence-corrected chi connectivity index (χ3v) is 3.23. The minimum absolute atomic E-state index is 0.158. The van der Waals surface area contributed by atoms with Gasteiger partial charge in [0.15, 0.2) is 5.82 Å². The van der Waals surface area contributed by atoms with E-state index in [1.165, 1.54) is 6.07 Å². The molecule has 0 N–H and O–H groups in total. The minimum atomic E-state index is -0.665. The molecule has 2 rings (SSSR count). The van der Waals surface area contributed by atoms with Gasteiger partial charge in [-0.15, -0.1) is 11.6 Å². The molecule has 0 aliphatic rings. The van der Waals surface area contributed by atoms with E-state index in [9.17, 15) is 8.78 Å². The number of imidazole rings is 1. The predicted molar refractivity (Wildman–Crippen MR) is 75.0 cm³/mol. The molecule has 2 aromatic rings. The standard InChI is InChI=1S/C14H17ClF2N2O/c1-3-20-6-4-5-19-12-8-10(16)7-11(17)13(12)18-14(19)9(2)15/h7-9H,3-6H2,1-2H3. The van der Waals surface area contributed by atoms with Crippen LogP contribution in [0.15, 0.2) is 12.1 Å². The van der Waals surface area contributed by atoms with E-state index in [1.54, 1.807) is 11.5 Å². The molecule has 20 heavy (non-hydrogen) atoms. The van der Waals surface area contributed by atoms with Gasteiger partial charge in [-0.3, -0.25) is 0 Å². The molecule has 0 spiro atoms. The number of halogens is 3. The summed E-state index contributed by atoms with van der Waals surface area (Å²) in [6.07, 6.45) is 0.730. The number of alkyl halides is 1. The molecule has 1 unspecified atom stereocenters. The topological polar surface area (TPSA) is 27.1 Å². The summed E-state index contributed by atoms with van der Waals surface area (Å²) in [5.74, 6) is -0.737. The minimum Gasteiger partial charge on any atom is -0.382 e. The molecule has 0 saturated carbocycles. The van der Waals surface area contributed by atoms with Crippen molar-refractivity contribution in [3.8, 4) is 0 Å². The average molecular weight is 303 g/mol. The third-order valence-electron chi connectivity index (χ3n) is 3.03. The predicted octanol–water partition coefficient (Wildman–Crippen LogP) is 4.04. The zero-order valence-electron chi connectivity index (χ0n) is 11.5. The molecule has 0 amide bonds. The molecule has 0 fully saturated rings. The van der Waals surface area contributed by atoms with E-state index in [1.807, 2.05) is 6.92 Å². The molecular weight excluding hydrogens is 286 g/mol. The summed E-state index contributed by atoms with van der Waals surface area (Å²) in [6, 6.07) is 2.12. The van der Waals surface area contributed by atoms with Crippen LogP contribution >= 0.6 is 11.6 Å². The van der Waals surface area contributed by atoms with Crippen molar-refractivity contribution in [3.63, 3.8) is 0 Å². The molecule has 0 aliphatic heterocycles. The van der Waals surface area contributed by atoms with Crippen molar-refractivity contribution >= 4 is 22.6 Å². The smallest absolute Gasteiger partial charge is 0.153 e. The van der Waals surface area contributed by atoms with E-state index in [0.29, 0.717) is 31.1 Å². The largest absolute Gasteiger partial charge is 0.382 e. The van der Waals surface area contributed by atoms with Crippen molar-refractivity contribution in [1.82, 2.24) is 9.55 Å². The summed E-state index contributed by atoms with van der Waals surface area (Å²) in [5.41, 5.74) is 0.590. The lowest BCUT2D eigenvalue weighted by molar-refractivity contribution is 0.141. The highest BCUT2D eigenvalue weighted by Crippen LogP contribution is 2.27. The van der Waals surface area contributed by atoms with Gasteiger partial charge in [0.1, 0.15) is 17.2 Å². The summed E-state index contributed by atoms with van der Waals surface area (Å²) in [5, 5.41) is -0.378. The van der Waals surface area contributed by atoms with Crippen molar-refractivity contribution in [3.05, 3.63) is 29.6 Å². The summed E-state index contributed by atoms with van der Waals surface area (Å²) >= 11 is 6.08. The zero-order valence-corrected chi connectivity index (χ0v) is 12.3. The number of hydrogen-bond donors (Lipinski definition) is 0. The van der Waals surface area contributed by atoms with E-state index < -0.39 is 11.6 Å². The van der Waals surface area contributed by atoms with Crippen LogP contribution in [0.3, 0.4) is 0 Å². The summed E-state index contributed by atoms with van der Waals surface area (Å²) in [4.78, 5) is 4.20. The molecule has 1 atom stereocenters. The quantitative estimate of drug-likeness (QED) is 0.595. The van der Waals surface area contributed by atoms with Crippen LogP contribution in [0.2, 0.25) is 0 Å². The van der Waals surface area contributed by atoms with Crippen LogP contribution in [-0.2, 0) is 11.3 Å². The molecular formula is C14H17ClF2N2O. The first kappa shape index (κ1) is 15.2. The molecule has 0 saturated heterocycles. The van der Waals surface area contributed by atoms with Crippen molar-refractivity contribution in [2.45, 2.75) is 32.2 Å². The van der Waals surface area contributed by atoms with Crippen molar-refractivity contribution in [1.29, 1.82) is 0 Å². The Morgan fingerprint density at radius 1 is 1.40 bits per heavy atom. The Labute approximate surface area is 121 Å². The van der Waals surface area contributed by atoms with Crippen LogP contribution < -0.4 is 0 Å². The van der Waals surface area contributed by atoms with Crippen LogP contribution in [0, 0.1) is 11.6 Å². The van der Waals surface area contributed by atoms with E-state index in [2.05, 4.69) is 4.98 Å². The highest BCUT2D eigenvalue weighted by molar-refractivity contribution is 6.20. The fourth-order valence-electron chi connectivity index (χ4n) is 2.17. The first-order valence-electron chi connectivity index (χ1n) is 6.61.